The van der Waals surface area contributed by atoms with Crippen LogP contribution in [0.25, 0.3) is 0 Å². The normalized spacial score (nSPS) is 11.9. The second-order valence-electron chi connectivity index (χ2n) is 3.85. The Morgan fingerprint density at radius 1 is 1.56 bits per heavy atom. The van der Waals surface area contributed by atoms with Crippen LogP contribution in [-0.4, -0.2) is 33.8 Å². The molecule has 1 aromatic rings. The Bertz CT molecular complexity index is 437. The lowest BCUT2D eigenvalue weighted by Gasteiger charge is -2.10. The van der Waals surface area contributed by atoms with Gasteiger partial charge in [0.2, 0.25) is 5.91 Å². The van der Waals surface area contributed by atoms with Crippen molar-refractivity contribution in [2.45, 2.75) is 31.2 Å². The predicted octanol–water partition coefficient (Wildman–Crippen LogP) is 1.79. The average Bonchev–Trinajstić information content (AvgIpc) is 2.36. The second-order valence-corrected chi connectivity index (χ2v) is 4.90. The van der Waals surface area contributed by atoms with Crippen LogP contribution >= 0.6 is 11.8 Å². The minimum Gasteiger partial charge on any atom is -0.477 e. The van der Waals surface area contributed by atoms with Gasteiger partial charge in [-0.1, -0.05) is 6.92 Å². The highest BCUT2D eigenvalue weighted by Gasteiger charge is 2.08. The van der Waals surface area contributed by atoms with E-state index in [0.29, 0.717) is 0 Å². The zero-order valence-electron chi connectivity index (χ0n) is 10.3. The van der Waals surface area contributed by atoms with Crippen LogP contribution in [0.1, 0.15) is 30.8 Å². The van der Waals surface area contributed by atoms with Crippen LogP contribution in [0.5, 0.6) is 0 Å². The number of nitrogens with zero attached hydrogens (tertiary/aromatic N) is 1. The number of amides is 1. The number of rotatable bonds is 6. The smallest absolute Gasteiger partial charge is 0.354 e. The highest BCUT2D eigenvalue weighted by atomic mass is 32.2. The maximum atomic E-state index is 11.5. The van der Waals surface area contributed by atoms with Crippen molar-refractivity contribution in [3.05, 3.63) is 24.0 Å². The van der Waals surface area contributed by atoms with Gasteiger partial charge in [-0.15, -0.1) is 11.8 Å². The van der Waals surface area contributed by atoms with E-state index in [-0.39, 0.29) is 23.4 Å². The monoisotopic (exact) mass is 268 g/mol. The van der Waals surface area contributed by atoms with Crippen LogP contribution in [-0.2, 0) is 4.79 Å². The minimum absolute atomic E-state index is 0.0117. The van der Waals surface area contributed by atoms with Crippen molar-refractivity contribution < 1.29 is 14.7 Å². The number of aromatic nitrogens is 1. The molecule has 1 aromatic heterocycles. The first kappa shape index (κ1) is 14.5. The van der Waals surface area contributed by atoms with Crippen molar-refractivity contribution in [3.63, 3.8) is 0 Å². The van der Waals surface area contributed by atoms with E-state index in [2.05, 4.69) is 10.3 Å². The number of carboxylic acids is 1. The molecule has 0 aliphatic rings. The van der Waals surface area contributed by atoms with E-state index in [4.69, 9.17) is 5.11 Å². The number of hydrogen-bond donors (Lipinski definition) is 2. The Labute approximate surface area is 110 Å². The number of carboxylic acid groups (broad SMARTS) is 1. The zero-order chi connectivity index (χ0) is 13.5. The predicted molar refractivity (Wildman–Crippen MR) is 69.8 cm³/mol. The van der Waals surface area contributed by atoms with Gasteiger partial charge in [0.05, 0.1) is 5.75 Å². The van der Waals surface area contributed by atoms with E-state index >= 15 is 0 Å². The van der Waals surface area contributed by atoms with Crippen LogP contribution in [0.3, 0.4) is 0 Å². The van der Waals surface area contributed by atoms with Crippen molar-refractivity contribution in [2.75, 3.05) is 5.75 Å². The summed E-state index contributed by atoms with van der Waals surface area (Å²) in [6.07, 6.45) is 2.31. The topological polar surface area (TPSA) is 79.3 Å². The molecule has 1 amide bonds. The van der Waals surface area contributed by atoms with Crippen LogP contribution in [0.4, 0.5) is 0 Å². The molecular weight excluding hydrogens is 252 g/mol. The summed E-state index contributed by atoms with van der Waals surface area (Å²) in [5.74, 6) is -0.850. The first-order chi connectivity index (χ1) is 8.52. The van der Waals surface area contributed by atoms with Crippen LogP contribution < -0.4 is 5.32 Å². The van der Waals surface area contributed by atoms with Gasteiger partial charge < -0.3 is 10.4 Å². The molecule has 1 rings (SSSR count). The molecule has 1 atom stereocenters. The van der Waals surface area contributed by atoms with E-state index in [1.807, 2.05) is 13.8 Å². The Balaban J connectivity index is 2.50. The quantitative estimate of drug-likeness (QED) is 0.769. The average molecular weight is 268 g/mol. The maximum Gasteiger partial charge on any atom is 0.354 e. The van der Waals surface area contributed by atoms with Crippen LogP contribution in [0, 0.1) is 0 Å². The van der Waals surface area contributed by atoms with Crippen molar-refractivity contribution >= 4 is 23.6 Å². The molecule has 0 aliphatic carbocycles. The summed E-state index contributed by atoms with van der Waals surface area (Å²) in [6, 6.07) is 3.31. The Morgan fingerprint density at radius 2 is 2.28 bits per heavy atom. The summed E-state index contributed by atoms with van der Waals surface area (Å²) in [7, 11) is 0. The molecule has 98 valence electrons. The molecule has 5 nitrogen and oxygen atoms in total. The Morgan fingerprint density at radius 3 is 2.89 bits per heavy atom. The van der Waals surface area contributed by atoms with Crippen LogP contribution in [0.15, 0.2) is 23.2 Å². The fourth-order valence-corrected chi connectivity index (χ4v) is 1.92. The summed E-state index contributed by atoms with van der Waals surface area (Å²) in [6.45, 7) is 3.94. The molecule has 0 aromatic carbocycles. The highest BCUT2D eigenvalue weighted by Crippen LogP contribution is 2.17. The van der Waals surface area contributed by atoms with Gasteiger partial charge in [-0.05, 0) is 25.5 Å². The lowest BCUT2D eigenvalue weighted by molar-refractivity contribution is -0.119. The molecule has 0 spiro atoms. The van der Waals surface area contributed by atoms with Crippen molar-refractivity contribution in [2.24, 2.45) is 0 Å². The fraction of sp³-hybridized carbons (Fsp3) is 0.417. The van der Waals surface area contributed by atoms with Crippen molar-refractivity contribution in [1.29, 1.82) is 0 Å². The van der Waals surface area contributed by atoms with Gasteiger partial charge in [-0.25, -0.2) is 9.78 Å². The SMILES string of the molecule is CCC(C)NC(=O)CSc1ccnc(C(=O)O)c1. The summed E-state index contributed by atoms with van der Waals surface area (Å²) < 4.78 is 0. The van der Waals surface area contributed by atoms with E-state index in [0.717, 1.165) is 11.3 Å². The number of pyridine rings is 1. The van der Waals surface area contributed by atoms with Gasteiger partial charge in [-0.2, -0.15) is 0 Å². The third kappa shape index (κ3) is 4.75. The summed E-state index contributed by atoms with van der Waals surface area (Å²) in [5, 5.41) is 11.6. The van der Waals surface area contributed by atoms with E-state index in [1.165, 1.54) is 24.0 Å². The van der Waals surface area contributed by atoms with Gasteiger partial charge in [0.25, 0.3) is 0 Å². The molecular formula is C12H16N2O3S. The van der Waals surface area contributed by atoms with Gasteiger partial charge in [0, 0.05) is 17.1 Å². The summed E-state index contributed by atoms with van der Waals surface area (Å²) in [4.78, 5) is 26.7. The number of carbonyl (C=O) groups excluding carboxylic acids is 1. The van der Waals surface area contributed by atoms with Gasteiger partial charge in [-0.3, -0.25) is 4.79 Å². The molecule has 2 N–H and O–H groups in total. The fourth-order valence-electron chi connectivity index (χ4n) is 1.19. The third-order valence-electron chi connectivity index (χ3n) is 2.34. The van der Waals surface area contributed by atoms with Crippen molar-refractivity contribution in [1.82, 2.24) is 10.3 Å². The first-order valence-electron chi connectivity index (χ1n) is 5.64. The molecule has 0 fully saturated rings. The molecule has 0 saturated heterocycles. The minimum atomic E-state index is -1.07. The molecule has 6 heteroatoms. The number of nitrogens with one attached hydrogen (secondary N) is 1. The Hall–Kier alpha value is -1.56. The molecule has 0 radical (unpaired) electrons. The highest BCUT2D eigenvalue weighted by molar-refractivity contribution is 8.00. The molecule has 0 bridgehead atoms. The lowest BCUT2D eigenvalue weighted by Crippen LogP contribution is -2.33. The van der Waals surface area contributed by atoms with Gasteiger partial charge >= 0.3 is 5.97 Å². The van der Waals surface area contributed by atoms with E-state index in [1.54, 1.807) is 6.07 Å². The maximum absolute atomic E-state index is 11.5. The first-order valence-corrected chi connectivity index (χ1v) is 6.63. The number of aromatic carboxylic acids is 1. The van der Waals surface area contributed by atoms with Crippen LogP contribution in [0.2, 0.25) is 0 Å². The van der Waals surface area contributed by atoms with Gasteiger partial charge in [0.1, 0.15) is 5.69 Å². The second kappa shape index (κ2) is 7.00. The summed E-state index contributed by atoms with van der Waals surface area (Å²) >= 11 is 1.30. The summed E-state index contributed by atoms with van der Waals surface area (Å²) in [5.41, 5.74) is -0.0117. The molecule has 0 saturated carbocycles. The molecule has 18 heavy (non-hydrogen) atoms. The molecule has 1 unspecified atom stereocenters. The number of carbonyl (C=O) groups is 2. The van der Waals surface area contributed by atoms with E-state index < -0.39 is 5.97 Å². The lowest BCUT2D eigenvalue weighted by atomic mass is 10.3. The third-order valence-corrected chi connectivity index (χ3v) is 3.33. The Kier molecular flexibility index (Phi) is 5.64. The number of thioether (sulfide) groups is 1. The van der Waals surface area contributed by atoms with Crippen molar-refractivity contribution in [3.8, 4) is 0 Å². The van der Waals surface area contributed by atoms with Gasteiger partial charge in [0.15, 0.2) is 0 Å². The number of hydrogen-bond acceptors (Lipinski definition) is 4. The van der Waals surface area contributed by atoms with E-state index in [9.17, 15) is 9.59 Å². The standard InChI is InChI=1S/C12H16N2O3S/c1-3-8(2)14-11(15)7-18-9-4-5-13-10(6-9)12(16)17/h4-6,8H,3,7H2,1-2H3,(H,14,15)(H,16,17). The molecule has 1 heterocycles. The zero-order valence-corrected chi connectivity index (χ0v) is 11.2. The largest absolute Gasteiger partial charge is 0.477 e. The molecule has 0 aliphatic heterocycles.